The highest BCUT2D eigenvalue weighted by molar-refractivity contribution is 5.00. The van der Waals surface area contributed by atoms with Crippen molar-refractivity contribution >= 4 is 0 Å². The molecular formula is C21H38N2O2. The molecule has 0 atom stereocenters. The lowest BCUT2D eigenvalue weighted by atomic mass is 10.0. The summed E-state index contributed by atoms with van der Waals surface area (Å²) in [7, 11) is 0. The lowest BCUT2D eigenvalue weighted by Crippen LogP contribution is -2.30. The Morgan fingerprint density at radius 2 is 1.20 bits per heavy atom. The third-order valence-electron chi connectivity index (χ3n) is 4.94. The van der Waals surface area contributed by atoms with Gasteiger partial charge >= 0.3 is 5.69 Å². The van der Waals surface area contributed by atoms with Crippen molar-refractivity contribution in [2.45, 2.75) is 110 Å². The highest BCUT2D eigenvalue weighted by Gasteiger charge is 2.00. The van der Waals surface area contributed by atoms with Crippen LogP contribution < -0.4 is 11.2 Å². The van der Waals surface area contributed by atoms with E-state index in [-0.39, 0.29) is 11.2 Å². The molecule has 0 aliphatic carbocycles. The second-order valence-electron chi connectivity index (χ2n) is 7.36. The molecule has 0 saturated heterocycles. The first-order chi connectivity index (χ1) is 12.1. The molecular weight excluding hydrogens is 312 g/mol. The van der Waals surface area contributed by atoms with Gasteiger partial charge in [0.25, 0.3) is 5.56 Å². The average molecular weight is 351 g/mol. The molecule has 0 unspecified atom stereocenters. The van der Waals surface area contributed by atoms with Gasteiger partial charge in [-0.05, 0) is 13.3 Å². The fourth-order valence-electron chi connectivity index (χ4n) is 3.26. The van der Waals surface area contributed by atoms with Crippen molar-refractivity contribution in [2.24, 2.45) is 0 Å². The Labute approximate surface area is 153 Å². The summed E-state index contributed by atoms with van der Waals surface area (Å²) in [5.41, 5.74) is 0.0393. The summed E-state index contributed by atoms with van der Waals surface area (Å²) in [5.74, 6) is 0. The predicted molar refractivity (Wildman–Crippen MR) is 106 cm³/mol. The molecule has 0 amide bonds. The molecule has 25 heavy (non-hydrogen) atoms. The normalized spacial score (nSPS) is 11.1. The first-order valence-electron chi connectivity index (χ1n) is 10.5. The fraction of sp³-hybridized carbons (Fsp3) is 0.810. The van der Waals surface area contributed by atoms with Crippen molar-refractivity contribution in [3.8, 4) is 0 Å². The van der Waals surface area contributed by atoms with E-state index in [4.69, 9.17) is 0 Å². The molecule has 4 nitrogen and oxygen atoms in total. The number of hydrogen-bond acceptors (Lipinski definition) is 2. The average Bonchev–Trinajstić information content (AvgIpc) is 2.59. The minimum atomic E-state index is -0.287. The van der Waals surface area contributed by atoms with Gasteiger partial charge in [0.05, 0.1) is 0 Å². The summed E-state index contributed by atoms with van der Waals surface area (Å²) < 4.78 is 1.62. The highest BCUT2D eigenvalue weighted by atomic mass is 16.2. The van der Waals surface area contributed by atoms with E-state index in [0.717, 1.165) is 12.8 Å². The molecule has 1 N–H and O–H groups in total. The summed E-state index contributed by atoms with van der Waals surface area (Å²) in [6, 6.07) is 0. The van der Waals surface area contributed by atoms with E-state index in [1.54, 1.807) is 17.7 Å². The third-order valence-corrected chi connectivity index (χ3v) is 4.94. The number of unbranched alkanes of at least 4 members (excludes halogenated alkanes) is 13. The van der Waals surface area contributed by atoms with Crippen LogP contribution in [0.5, 0.6) is 0 Å². The molecule has 1 aromatic heterocycles. The molecule has 0 aromatic carbocycles. The van der Waals surface area contributed by atoms with Crippen LogP contribution in [0, 0.1) is 6.92 Å². The van der Waals surface area contributed by atoms with Gasteiger partial charge in [0.1, 0.15) is 0 Å². The summed E-state index contributed by atoms with van der Waals surface area (Å²) in [5, 5.41) is 0. The Kier molecular flexibility index (Phi) is 12.1. The molecule has 144 valence electrons. The van der Waals surface area contributed by atoms with Crippen LogP contribution >= 0.6 is 0 Å². The number of aromatic amines is 1. The Morgan fingerprint density at radius 1 is 0.760 bits per heavy atom. The van der Waals surface area contributed by atoms with E-state index in [1.165, 1.54) is 77.0 Å². The maximum Gasteiger partial charge on any atom is 0.328 e. The molecule has 1 aromatic rings. The molecule has 1 heterocycles. The summed E-state index contributed by atoms with van der Waals surface area (Å²) in [6.07, 6.45) is 20.3. The first-order valence-corrected chi connectivity index (χ1v) is 10.5. The van der Waals surface area contributed by atoms with Crippen LogP contribution in [0.1, 0.15) is 102 Å². The lowest BCUT2D eigenvalue weighted by molar-refractivity contribution is 0.518. The maximum atomic E-state index is 11.7. The number of aromatic nitrogens is 2. The van der Waals surface area contributed by atoms with Crippen molar-refractivity contribution in [2.75, 3.05) is 0 Å². The Hall–Kier alpha value is -1.32. The van der Waals surface area contributed by atoms with Crippen LogP contribution in [0.15, 0.2) is 15.8 Å². The standard InChI is InChI=1S/C21H38N2O2/c1-3-4-5-6-7-8-9-10-11-12-13-14-15-16-17-23-18-19(2)20(24)22-21(23)25/h18H,3-17H2,1-2H3,(H,22,24,25). The SMILES string of the molecule is CCCCCCCCCCCCCCCCn1cc(C)c(=O)[nH]c1=O. The maximum absolute atomic E-state index is 11.7. The molecule has 0 fully saturated rings. The summed E-state index contributed by atoms with van der Waals surface area (Å²) in [4.78, 5) is 25.3. The Morgan fingerprint density at radius 3 is 1.68 bits per heavy atom. The van der Waals surface area contributed by atoms with E-state index in [0.29, 0.717) is 12.1 Å². The largest absolute Gasteiger partial charge is 0.328 e. The van der Waals surface area contributed by atoms with Gasteiger partial charge in [-0.15, -0.1) is 0 Å². The van der Waals surface area contributed by atoms with Gasteiger partial charge in [-0.1, -0.05) is 90.4 Å². The molecule has 1 rings (SSSR count). The van der Waals surface area contributed by atoms with Crippen molar-refractivity contribution in [3.05, 3.63) is 32.6 Å². The second-order valence-corrected chi connectivity index (χ2v) is 7.36. The molecule has 0 aliphatic heterocycles. The monoisotopic (exact) mass is 350 g/mol. The molecule has 0 radical (unpaired) electrons. The van der Waals surface area contributed by atoms with Gasteiger partial charge < -0.3 is 4.57 Å². The zero-order chi connectivity index (χ0) is 18.3. The molecule has 0 saturated carbocycles. The van der Waals surface area contributed by atoms with Crippen LogP contribution in [0.3, 0.4) is 0 Å². The van der Waals surface area contributed by atoms with E-state index in [2.05, 4.69) is 11.9 Å². The first kappa shape index (κ1) is 21.7. The van der Waals surface area contributed by atoms with Crippen LogP contribution in [0.25, 0.3) is 0 Å². The lowest BCUT2D eigenvalue weighted by Gasteiger charge is -2.06. The van der Waals surface area contributed by atoms with Gasteiger partial charge in [-0.2, -0.15) is 0 Å². The number of rotatable bonds is 15. The third kappa shape index (κ3) is 10.3. The Balaban J connectivity index is 1.92. The summed E-state index contributed by atoms with van der Waals surface area (Å²) >= 11 is 0. The van der Waals surface area contributed by atoms with E-state index >= 15 is 0 Å². The van der Waals surface area contributed by atoms with Gasteiger partial charge in [0.2, 0.25) is 0 Å². The highest BCUT2D eigenvalue weighted by Crippen LogP contribution is 2.13. The predicted octanol–water partition coefficient (Wildman–Crippen LogP) is 5.33. The Bertz CT molecular complexity index is 560. The van der Waals surface area contributed by atoms with Crippen molar-refractivity contribution in [1.82, 2.24) is 9.55 Å². The summed E-state index contributed by atoms with van der Waals surface area (Å²) in [6.45, 7) is 4.71. The molecule has 0 spiro atoms. The zero-order valence-corrected chi connectivity index (χ0v) is 16.4. The number of nitrogens with zero attached hydrogens (tertiary/aromatic N) is 1. The molecule has 0 aliphatic rings. The minimum absolute atomic E-state index is 0.276. The fourth-order valence-corrected chi connectivity index (χ4v) is 3.26. The van der Waals surface area contributed by atoms with Gasteiger partial charge in [-0.25, -0.2) is 4.79 Å². The van der Waals surface area contributed by atoms with Gasteiger partial charge in [0.15, 0.2) is 0 Å². The zero-order valence-electron chi connectivity index (χ0n) is 16.4. The molecule has 0 bridgehead atoms. The van der Waals surface area contributed by atoms with Crippen molar-refractivity contribution < 1.29 is 0 Å². The number of nitrogens with one attached hydrogen (secondary N) is 1. The van der Waals surface area contributed by atoms with E-state index < -0.39 is 0 Å². The second kappa shape index (κ2) is 13.9. The molecule has 4 heteroatoms. The topological polar surface area (TPSA) is 54.9 Å². The van der Waals surface area contributed by atoms with Crippen LogP contribution in [-0.4, -0.2) is 9.55 Å². The van der Waals surface area contributed by atoms with Crippen LogP contribution in [0.4, 0.5) is 0 Å². The smallest absolute Gasteiger partial charge is 0.300 e. The number of aryl methyl sites for hydroxylation is 2. The number of H-pyrrole nitrogens is 1. The quantitative estimate of drug-likeness (QED) is 0.435. The van der Waals surface area contributed by atoms with Crippen molar-refractivity contribution in [1.29, 1.82) is 0 Å². The van der Waals surface area contributed by atoms with Crippen LogP contribution in [-0.2, 0) is 6.54 Å². The minimum Gasteiger partial charge on any atom is -0.300 e. The van der Waals surface area contributed by atoms with E-state index in [1.807, 2.05) is 0 Å². The van der Waals surface area contributed by atoms with Gasteiger partial charge in [0, 0.05) is 18.3 Å². The number of hydrogen-bond donors (Lipinski definition) is 1. The van der Waals surface area contributed by atoms with Gasteiger partial charge in [-0.3, -0.25) is 9.78 Å². The van der Waals surface area contributed by atoms with Crippen molar-refractivity contribution in [3.63, 3.8) is 0 Å². The van der Waals surface area contributed by atoms with E-state index in [9.17, 15) is 9.59 Å². The van der Waals surface area contributed by atoms with Crippen LogP contribution in [0.2, 0.25) is 0 Å².